The van der Waals surface area contributed by atoms with Crippen LogP contribution in [0, 0.1) is 0 Å². The van der Waals surface area contributed by atoms with E-state index in [1.54, 1.807) is 6.20 Å². The molecule has 0 saturated heterocycles. The van der Waals surface area contributed by atoms with Gasteiger partial charge in [-0.1, -0.05) is 10.4 Å². The monoisotopic (exact) mass is 234 g/mol. The first-order valence-electron chi connectivity index (χ1n) is 5.87. The second-order valence-electron chi connectivity index (χ2n) is 4.72. The van der Waals surface area contributed by atoms with E-state index in [1.165, 1.54) is 0 Å². The summed E-state index contributed by atoms with van der Waals surface area (Å²) < 4.78 is 3.77. The number of hydrogen-bond donors (Lipinski definition) is 0. The number of hydrogen-bond acceptors (Lipinski definition) is 4. The lowest BCUT2D eigenvalue weighted by atomic mass is 10.2. The van der Waals surface area contributed by atoms with E-state index in [-0.39, 0.29) is 0 Å². The van der Waals surface area contributed by atoms with Gasteiger partial charge in [0.2, 0.25) is 0 Å². The van der Waals surface area contributed by atoms with E-state index in [4.69, 9.17) is 0 Å². The van der Waals surface area contributed by atoms with Crippen molar-refractivity contribution in [2.75, 3.05) is 0 Å². The molecular formula is C11H18N6. The van der Waals surface area contributed by atoms with E-state index in [9.17, 15) is 0 Å². The quantitative estimate of drug-likeness (QED) is 0.806. The van der Waals surface area contributed by atoms with E-state index in [0.717, 1.165) is 17.8 Å². The highest BCUT2D eigenvalue weighted by Crippen LogP contribution is 2.11. The van der Waals surface area contributed by atoms with Gasteiger partial charge >= 0.3 is 0 Å². The van der Waals surface area contributed by atoms with Crippen LogP contribution in [0.15, 0.2) is 12.4 Å². The van der Waals surface area contributed by atoms with Gasteiger partial charge in [-0.3, -0.25) is 0 Å². The van der Waals surface area contributed by atoms with Crippen LogP contribution in [0.25, 0.3) is 0 Å². The lowest BCUT2D eigenvalue weighted by molar-refractivity contribution is 0.497. The third-order valence-electron chi connectivity index (χ3n) is 2.59. The molecule has 0 aromatic carbocycles. The smallest absolute Gasteiger partial charge is 0.0887 e. The fourth-order valence-corrected chi connectivity index (χ4v) is 1.66. The molecule has 0 fully saturated rings. The Bertz CT molecular complexity index is 482. The molecule has 92 valence electrons. The fourth-order valence-electron chi connectivity index (χ4n) is 1.66. The molecule has 0 aliphatic rings. The highest BCUT2D eigenvalue weighted by Gasteiger charge is 2.10. The van der Waals surface area contributed by atoms with Gasteiger partial charge in [0.1, 0.15) is 0 Å². The number of nitrogens with zero attached hydrogens (tertiary/aromatic N) is 6. The summed E-state index contributed by atoms with van der Waals surface area (Å²) in [5.41, 5.74) is 2.01. The molecule has 6 nitrogen and oxygen atoms in total. The summed E-state index contributed by atoms with van der Waals surface area (Å²) in [5, 5.41) is 16.2. The Balaban J connectivity index is 2.17. The Hall–Kier alpha value is -1.72. The van der Waals surface area contributed by atoms with Crippen LogP contribution in [0.2, 0.25) is 0 Å². The third kappa shape index (κ3) is 2.51. The predicted octanol–water partition coefficient (Wildman–Crippen LogP) is 1.62. The van der Waals surface area contributed by atoms with Gasteiger partial charge in [0.25, 0.3) is 0 Å². The number of rotatable bonds is 4. The molecule has 0 saturated carbocycles. The van der Waals surface area contributed by atoms with Crippen molar-refractivity contribution < 1.29 is 0 Å². The van der Waals surface area contributed by atoms with Crippen LogP contribution in [0.5, 0.6) is 0 Å². The second kappa shape index (κ2) is 4.65. The molecule has 0 unspecified atom stereocenters. The van der Waals surface area contributed by atoms with E-state index in [1.807, 2.05) is 15.6 Å². The zero-order valence-corrected chi connectivity index (χ0v) is 10.7. The molecule has 0 amide bonds. The fraction of sp³-hybridized carbons (Fsp3) is 0.636. The molecule has 2 aromatic rings. The van der Waals surface area contributed by atoms with Crippen molar-refractivity contribution >= 4 is 0 Å². The molecule has 0 radical (unpaired) electrons. The van der Waals surface area contributed by atoms with Crippen LogP contribution in [-0.2, 0) is 6.42 Å². The minimum atomic E-state index is 0.313. The molecule has 0 bridgehead atoms. The van der Waals surface area contributed by atoms with Crippen molar-refractivity contribution in [3.05, 3.63) is 23.8 Å². The molecule has 0 aliphatic heterocycles. The van der Waals surface area contributed by atoms with E-state index < -0.39 is 0 Å². The van der Waals surface area contributed by atoms with Crippen molar-refractivity contribution in [1.82, 2.24) is 30.0 Å². The van der Waals surface area contributed by atoms with Gasteiger partial charge < -0.3 is 0 Å². The van der Waals surface area contributed by atoms with Gasteiger partial charge in [0.05, 0.1) is 17.6 Å². The maximum atomic E-state index is 4.16. The van der Waals surface area contributed by atoms with Crippen LogP contribution in [0.4, 0.5) is 0 Å². The summed E-state index contributed by atoms with van der Waals surface area (Å²) in [5.74, 6) is 0. The maximum Gasteiger partial charge on any atom is 0.0887 e. The first-order valence-corrected chi connectivity index (χ1v) is 5.87. The van der Waals surface area contributed by atoms with Gasteiger partial charge in [0, 0.05) is 24.7 Å². The van der Waals surface area contributed by atoms with Crippen LogP contribution in [-0.4, -0.2) is 30.0 Å². The summed E-state index contributed by atoms with van der Waals surface area (Å²) in [7, 11) is 0. The van der Waals surface area contributed by atoms with Gasteiger partial charge in [-0.05, 0) is 27.7 Å². The topological polar surface area (TPSA) is 61.4 Å². The highest BCUT2D eigenvalue weighted by molar-refractivity contribution is 5.08. The van der Waals surface area contributed by atoms with Gasteiger partial charge in [-0.25, -0.2) is 9.36 Å². The van der Waals surface area contributed by atoms with E-state index >= 15 is 0 Å². The minimum Gasteiger partial charge on any atom is -0.250 e. The van der Waals surface area contributed by atoms with Gasteiger partial charge in [-0.15, -0.1) is 10.2 Å². The molecule has 2 aromatic heterocycles. The SMILES string of the molecule is CC(C)n1cc(Cc2cnnn2C(C)C)nn1. The molecule has 0 N–H and O–H groups in total. The summed E-state index contributed by atoms with van der Waals surface area (Å²) in [6.07, 6.45) is 4.48. The van der Waals surface area contributed by atoms with Gasteiger partial charge in [-0.2, -0.15) is 0 Å². The molecular weight excluding hydrogens is 216 g/mol. The van der Waals surface area contributed by atoms with Crippen LogP contribution < -0.4 is 0 Å². The Morgan fingerprint density at radius 2 is 1.88 bits per heavy atom. The second-order valence-corrected chi connectivity index (χ2v) is 4.72. The average Bonchev–Trinajstić information content (AvgIpc) is 2.86. The Labute approximate surface area is 101 Å². The minimum absolute atomic E-state index is 0.313. The van der Waals surface area contributed by atoms with Crippen LogP contribution >= 0.6 is 0 Å². The molecule has 0 atom stereocenters. The Morgan fingerprint density at radius 1 is 1.12 bits per heavy atom. The standard InChI is InChI=1S/C11H18N6/c1-8(2)16-7-10(13-15-16)5-11-6-12-14-17(11)9(3)4/h6-9H,5H2,1-4H3. The Kier molecular flexibility index (Phi) is 3.21. The van der Waals surface area contributed by atoms with Crippen molar-refractivity contribution in [3.8, 4) is 0 Å². The largest absolute Gasteiger partial charge is 0.250 e. The maximum absolute atomic E-state index is 4.16. The third-order valence-corrected chi connectivity index (χ3v) is 2.59. The molecule has 6 heteroatoms. The first kappa shape index (κ1) is 11.8. The van der Waals surface area contributed by atoms with E-state index in [2.05, 4.69) is 48.3 Å². The zero-order valence-electron chi connectivity index (χ0n) is 10.7. The Morgan fingerprint density at radius 3 is 2.47 bits per heavy atom. The molecule has 17 heavy (non-hydrogen) atoms. The summed E-state index contributed by atoms with van der Waals surface area (Å²) in [4.78, 5) is 0. The van der Waals surface area contributed by atoms with E-state index in [0.29, 0.717) is 12.1 Å². The summed E-state index contributed by atoms with van der Waals surface area (Å²) in [6.45, 7) is 8.34. The summed E-state index contributed by atoms with van der Waals surface area (Å²) in [6, 6.07) is 0.650. The normalized spacial score (nSPS) is 11.6. The van der Waals surface area contributed by atoms with Crippen molar-refractivity contribution in [2.45, 2.75) is 46.2 Å². The highest BCUT2D eigenvalue weighted by atomic mass is 15.4. The van der Waals surface area contributed by atoms with Crippen molar-refractivity contribution in [3.63, 3.8) is 0 Å². The lowest BCUT2D eigenvalue weighted by Gasteiger charge is -2.07. The lowest BCUT2D eigenvalue weighted by Crippen LogP contribution is -2.08. The first-order chi connectivity index (χ1) is 8.08. The van der Waals surface area contributed by atoms with Crippen molar-refractivity contribution in [1.29, 1.82) is 0 Å². The predicted molar refractivity (Wildman–Crippen MR) is 63.6 cm³/mol. The molecule has 2 heterocycles. The molecule has 2 rings (SSSR count). The average molecular weight is 234 g/mol. The molecule has 0 spiro atoms. The van der Waals surface area contributed by atoms with Crippen LogP contribution in [0.3, 0.4) is 0 Å². The summed E-state index contributed by atoms with van der Waals surface area (Å²) >= 11 is 0. The van der Waals surface area contributed by atoms with Crippen LogP contribution in [0.1, 0.15) is 51.2 Å². The van der Waals surface area contributed by atoms with Gasteiger partial charge in [0.15, 0.2) is 0 Å². The molecule has 0 aliphatic carbocycles. The zero-order chi connectivity index (χ0) is 12.4. The number of aromatic nitrogens is 6. The van der Waals surface area contributed by atoms with Crippen molar-refractivity contribution in [2.24, 2.45) is 0 Å².